The van der Waals surface area contributed by atoms with Gasteiger partial charge < -0.3 is 0 Å². The van der Waals surface area contributed by atoms with E-state index in [1.54, 1.807) is 0 Å². The van der Waals surface area contributed by atoms with Gasteiger partial charge in [0.1, 0.15) is 0 Å². The molecule has 0 heterocycles. The molecular weight excluding hydrogens is 456 g/mol. The maximum Gasteiger partial charge on any atom is 0.00614 e. The number of rotatable bonds is 6. The molecule has 0 aliphatic rings. The predicted molar refractivity (Wildman–Crippen MR) is 166 cm³/mol. The van der Waals surface area contributed by atoms with Crippen LogP contribution in [0.3, 0.4) is 0 Å². The van der Waals surface area contributed by atoms with Gasteiger partial charge in [-0.05, 0) is 171 Å². The summed E-state index contributed by atoms with van der Waals surface area (Å²) in [6, 6.07) is 19.2. The molecule has 0 aliphatic carbocycles. The highest BCUT2D eigenvalue weighted by molar-refractivity contribution is 5.49. The van der Waals surface area contributed by atoms with E-state index < -0.39 is 0 Å². The molecule has 38 heavy (non-hydrogen) atoms. The molecule has 0 spiro atoms. The van der Waals surface area contributed by atoms with E-state index in [2.05, 4.69) is 125 Å². The third kappa shape index (κ3) is 5.65. The molecular formula is C38H46. The second-order valence-electron chi connectivity index (χ2n) is 12.0. The standard InChI is InChI=1S/C38H46/c1-22-12-28(7)33(14-24(22)3)18-37-20-35(16-26(5)30(37)9)32(11)36-17-27(6)31(10)38(21-36)19-34-15-25(4)23(2)13-29(34)8/h12-17,20-21,32H,18-19H2,1-11H3. The van der Waals surface area contributed by atoms with E-state index in [1.165, 1.54) is 89.0 Å². The SMILES string of the molecule is Cc1cc(C)c(Cc2cc(C(C)c3cc(C)c(C)c(Cc4cc(C)c(C)cc4C)c3)cc(C)c2C)cc1C. The van der Waals surface area contributed by atoms with Crippen molar-refractivity contribution in [3.05, 3.63) is 138 Å². The molecule has 0 atom stereocenters. The van der Waals surface area contributed by atoms with Crippen molar-refractivity contribution < 1.29 is 0 Å². The van der Waals surface area contributed by atoms with E-state index in [9.17, 15) is 0 Å². The summed E-state index contributed by atoms with van der Waals surface area (Å²) < 4.78 is 0. The van der Waals surface area contributed by atoms with Crippen LogP contribution in [-0.4, -0.2) is 0 Å². The van der Waals surface area contributed by atoms with Gasteiger partial charge in [0.2, 0.25) is 0 Å². The summed E-state index contributed by atoms with van der Waals surface area (Å²) in [5, 5.41) is 0. The fraction of sp³-hybridized carbons (Fsp3) is 0.368. The lowest BCUT2D eigenvalue weighted by atomic mass is 9.84. The van der Waals surface area contributed by atoms with Gasteiger partial charge in [0.05, 0.1) is 0 Å². The van der Waals surface area contributed by atoms with Crippen molar-refractivity contribution in [3.8, 4) is 0 Å². The maximum atomic E-state index is 2.48. The van der Waals surface area contributed by atoms with E-state index in [0.717, 1.165) is 12.8 Å². The molecule has 4 rings (SSSR count). The van der Waals surface area contributed by atoms with Crippen LogP contribution >= 0.6 is 0 Å². The first kappa shape index (κ1) is 27.9. The molecule has 0 unspecified atom stereocenters. The van der Waals surface area contributed by atoms with E-state index in [4.69, 9.17) is 0 Å². The molecule has 0 radical (unpaired) electrons. The van der Waals surface area contributed by atoms with Crippen LogP contribution in [0.2, 0.25) is 0 Å². The van der Waals surface area contributed by atoms with Crippen LogP contribution in [0.5, 0.6) is 0 Å². The zero-order valence-corrected chi connectivity index (χ0v) is 25.6. The van der Waals surface area contributed by atoms with Gasteiger partial charge in [0, 0.05) is 5.92 Å². The zero-order chi connectivity index (χ0) is 27.9. The van der Waals surface area contributed by atoms with Gasteiger partial charge in [-0.15, -0.1) is 0 Å². The quantitative estimate of drug-likeness (QED) is 0.246. The maximum absolute atomic E-state index is 2.48. The van der Waals surface area contributed by atoms with Crippen LogP contribution in [0, 0.1) is 69.2 Å². The molecule has 0 nitrogen and oxygen atoms in total. The van der Waals surface area contributed by atoms with Crippen LogP contribution in [0.4, 0.5) is 0 Å². The van der Waals surface area contributed by atoms with Gasteiger partial charge in [-0.25, -0.2) is 0 Å². The Morgan fingerprint density at radius 1 is 0.368 bits per heavy atom. The summed E-state index contributed by atoms with van der Waals surface area (Å²) in [6.07, 6.45) is 1.98. The molecule has 0 fully saturated rings. The highest BCUT2D eigenvalue weighted by Gasteiger charge is 2.16. The first-order chi connectivity index (χ1) is 17.8. The summed E-state index contributed by atoms with van der Waals surface area (Å²) in [5.74, 6) is 0.341. The topological polar surface area (TPSA) is 0 Å². The van der Waals surface area contributed by atoms with Gasteiger partial charge in [0.15, 0.2) is 0 Å². The van der Waals surface area contributed by atoms with Crippen LogP contribution in [-0.2, 0) is 12.8 Å². The van der Waals surface area contributed by atoms with Gasteiger partial charge >= 0.3 is 0 Å². The smallest absolute Gasteiger partial charge is 0.00614 e. The van der Waals surface area contributed by atoms with Crippen molar-refractivity contribution in [1.29, 1.82) is 0 Å². The normalized spacial score (nSPS) is 11.5. The second-order valence-corrected chi connectivity index (χ2v) is 12.0. The first-order valence-corrected chi connectivity index (χ1v) is 14.2. The Labute approximate surface area is 232 Å². The lowest BCUT2D eigenvalue weighted by Gasteiger charge is -2.21. The molecule has 0 saturated heterocycles. The number of hydrogen-bond donors (Lipinski definition) is 0. The number of aryl methyl sites for hydroxylation is 8. The van der Waals surface area contributed by atoms with E-state index in [-0.39, 0.29) is 0 Å². The van der Waals surface area contributed by atoms with Crippen LogP contribution in [0.15, 0.2) is 48.5 Å². The molecule has 0 bridgehead atoms. The van der Waals surface area contributed by atoms with Crippen molar-refractivity contribution in [2.75, 3.05) is 0 Å². The molecule has 0 heteroatoms. The third-order valence-corrected chi connectivity index (χ3v) is 9.26. The Morgan fingerprint density at radius 3 is 1.08 bits per heavy atom. The first-order valence-electron chi connectivity index (χ1n) is 14.2. The zero-order valence-electron chi connectivity index (χ0n) is 25.6. The fourth-order valence-electron chi connectivity index (χ4n) is 5.82. The molecule has 0 aliphatic heterocycles. The van der Waals surface area contributed by atoms with Crippen molar-refractivity contribution in [1.82, 2.24) is 0 Å². The average molecular weight is 503 g/mol. The molecule has 4 aromatic carbocycles. The second kappa shape index (κ2) is 10.9. The van der Waals surface area contributed by atoms with Gasteiger partial charge in [-0.1, -0.05) is 55.5 Å². The highest BCUT2D eigenvalue weighted by atomic mass is 14.2. The fourth-order valence-corrected chi connectivity index (χ4v) is 5.82. The monoisotopic (exact) mass is 502 g/mol. The summed E-state index contributed by atoms with van der Waals surface area (Å²) >= 11 is 0. The lowest BCUT2D eigenvalue weighted by molar-refractivity contribution is 0.901. The van der Waals surface area contributed by atoms with Gasteiger partial charge in [0.25, 0.3) is 0 Å². The van der Waals surface area contributed by atoms with E-state index in [1.807, 2.05) is 0 Å². The third-order valence-electron chi connectivity index (χ3n) is 9.26. The highest BCUT2D eigenvalue weighted by Crippen LogP contribution is 2.33. The summed E-state index contributed by atoms with van der Waals surface area (Å²) in [6.45, 7) is 24.9. The minimum absolute atomic E-state index is 0.341. The molecule has 198 valence electrons. The number of hydrogen-bond acceptors (Lipinski definition) is 0. The van der Waals surface area contributed by atoms with Crippen molar-refractivity contribution in [2.45, 2.75) is 94.9 Å². The Hall–Kier alpha value is -3.12. The lowest BCUT2D eigenvalue weighted by Crippen LogP contribution is -2.05. The Balaban J connectivity index is 1.71. The largest absolute Gasteiger partial charge is 0.0558 e. The molecule has 0 aromatic heterocycles. The summed E-state index contributed by atoms with van der Waals surface area (Å²) in [5.41, 5.74) is 22.5. The van der Waals surface area contributed by atoms with Gasteiger partial charge in [-0.2, -0.15) is 0 Å². The van der Waals surface area contributed by atoms with E-state index in [0.29, 0.717) is 5.92 Å². The molecule has 0 amide bonds. The number of benzene rings is 4. The average Bonchev–Trinajstić information content (AvgIpc) is 2.85. The Kier molecular flexibility index (Phi) is 8.03. The Morgan fingerprint density at radius 2 is 0.711 bits per heavy atom. The molecule has 0 N–H and O–H groups in total. The van der Waals surface area contributed by atoms with Crippen molar-refractivity contribution >= 4 is 0 Å². The minimum Gasteiger partial charge on any atom is -0.0558 e. The summed E-state index contributed by atoms with van der Waals surface area (Å²) in [4.78, 5) is 0. The predicted octanol–water partition coefficient (Wildman–Crippen LogP) is 10.1. The van der Waals surface area contributed by atoms with E-state index >= 15 is 0 Å². The van der Waals surface area contributed by atoms with Crippen molar-refractivity contribution in [3.63, 3.8) is 0 Å². The van der Waals surface area contributed by atoms with Crippen LogP contribution in [0.1, 0.15) is 102 Å². The molecule has 0 saturated carbocycles. The summed E-state index contributed by atoms with van der Waals surface area (Å²) in [7, 11) is 0. The van der Waals surface area contributed by atoms with Crippen molar-refractivity contribution in [2.24, 2.45) is 0 Å². The molecule has 4 aromatic rings. The Bertz CT molecular complexity index is 1400. The minimum atomic E-state index is 0.341. The van der Waals surface area contributed by atoms with Gasteiger partial charge in [-0.3, -0.25) is 0 Å². The van der Waals surface area contributed by atoms with Crippen LogP contribution in [0.25, 0.3) is 0 Å². The van der Waals surface area contributed by atoms with Crippen LogP contribution < -0.4 is 0 Å².